The van der Waals surface area contributed by atoms with Gasteiger partial charge in [0.1, 0.15) is 17.5 Å². The highest BCUT2D eigenvalue weighted by Crippen LogP contribution is 2.48. The Hall–Kier alpha value is -2.47. The third-order valence-corrected chi connectivity index (χ3v) is 7.21. The third-order valence-electron chi connectivity index (χ3n) is 7.21. The summed E-state index contributed by atoms with van der Waals surface area (Å²) in [7, 11) is 0. The molecular weight excluding hydrogens is 393 g/mol. The van der Waals surface area contributed by atoms with Gasteiger partial charge < -0.3 is 0 Å². The number of hydrogen-bond acceptors (Lipinski definition) is 0. The van der Waals surface area contributed by atoms with Gasteiger partial charge in [-0.1, -0.05) is 24.3 Å². The van der Waals surface area contributed by atoms with Crippen LogP contribution in [0.1, 0.15) is 74.0 Å². The molecule has 162 valence electrons. The first kappa shape index (κ1) is 21.8. The van der Waals surface area contributed by atoms with E-state index in [1.165, 1.54) is 62.1 Å². The van der Waals surface area contributed by atoms with Gasteiger partial charge in [-0.05, 0) is 111 Å². The molecular formula is C28H29F3. The fourth-order valence-corrected chi connectivity index (χ4v) is 5.52. The van der Waals surface area contributed by atoms with E-state index in [1.807, 2.05) is 6.08 Å². The highest BCUT2D eigenvalue weighted by Gasteiger charge is 2.36. The van der Waals surface area contributed by atoms with E-state index in [4.69, 9.17) is 0 Å². The second-order valence-electron chi connectivity index (χ2n) is 9.19. The lowest BCUT2D eigenvalue weighted by Crippen LogP contribution is -2.30. The van der Waals surface area contributed by atoms with Crippen LogP contribution < -0.4 is 0 Å². The van der Waals surface area contributed by atoms with Crippen LogP contribution in [-0.2, 0) is 0 Å². The molecule has 2 aliphatic rings. The highest BCUT2D eigenvalue weighted by atomic mass is 19.1. The van der Waals surface area contributed by atoms with Gasteiger partial charge in [0.2, 0.25) is 0 Å². The smallest absolute Gasteiger partial charge is 0.142 e. The molecule has 2 aliphatic carbocycles. The van der Waals surface area contributed by atoms with E-state index in [0.717, 1.165) is 43.1 Å². The first-order chi connectivity index (χ1) is 15.0. The number of allylic oxidation sites excluding steroid dienone is 1. The van der Waals surface area contributed by atoms with E-state index >= 15 is 0 Å². The van der Waals surface area contributed by atoms with Gasteiger partial charge in [0.05, 0.1) is 5.56 Å². The Morgan fingerprint density at radius 1 is 0.871 bits per heavy atom. The Balaban J connectivity index is 1.44. The van der Waals surface area contributed by atoms with E-state index in [9.17, 15) is 13.2 Å². The van der Waals surface area contributed by atoms with Gasteiger partial charge in [-0.25, -0.2) is 13.2 Å². The SMILES string of the molecule is C=CCCC1CCC2CC(c3cc(F)c(C#Cc4ccc(F)cc4)c(F)c3)CCC2C1. The van der Waals surface area contributed by atoms with Crippen molar-refractivity contribution in [2.24, 2.45) is 17.8 Å². The number of halogens is 3. The minimum absolute atomic E-state index is 0.217. The summed E-state index contributed by atoms with van der Waals surface area (Å²) in [6.45, 7) is 3.84. The van der Waals surface area contributed by atoms with Crippen molar-refractivity contribution in [3.63, 3.8) is 0 Å². The normalized spacial score (nSPS) is 25.3. The summed E-state index contributed by atoms with van der Waals surface area (Å²) in [6.07, 6.45) is 11.3. The maximum atomic E-state index is 14.7. The highest BCUT2D eigenvalue weighted by molar-refractivity contribution is 5.45. The van der Waals surface area contributed by atoms with E-state index in [2.05, 4.69) is 18.4 Å². The molecule has 0 radical (unpaired) electrons. The monoisotopic (exact) mass is 422 g/mol. The van der Waals surface area contributed by atoms with Crippen molar-refractivity contribution in [1.29, 1.82) is 0 Å². The van der Waals surface area contributed by atoms with Crippen LogP contribution in [0.15, 0.2) is 49.1 Å². The molecule has 0 spiro atoms. The minimum Gasteiger partial charge on any atom is -0.207 e. The number of benzene rings is 2. The largest absolute Gasteiger partial charge is 0.207 e. The molecule has 2 fully saturated rings. The molecule has 2 saturated carbocycles. The zero-order valence-corrected chi connectivity index (χ0v) is 17.8. The Bertz CT molecular complexity index is 957. The molecule has 0 heterocycles. The molecule has 0 N–H and O–H groups in total. The lowest BCUT2D eigenvalue weighted by atomic mass is 9.63. The van der Waals surface area contributed by atoms with Crippen LogP contribution in [0.5, 0.6) is 0 Å². The second-order valence-corrected chi connectivity index (χ2v) is 9.19. The van der Waals surface area contributed by atoms with Crippen molar-refractivity contribution in [1.82, 2.24) is 0 Å². The standard InChI is InChI=1S/C28H29F3/c1-2-3-4-20-5-9-22-16-23(11-10-21(22)15-20)24-17-27(30)26(28(31)18-24)14-8-19-6-12-25(29)13-7-19/h2,6-7,12-13,17-18,20-23H,1,3-5,9-11,15-16H2. The van der Waals surface area contributed by atoms with E-state index in [0.29, 0.717) is 11.5 Å². The van der Waals surface area contributed by atoms with Crippen LogP contribution in [0.25, 0.3) is 0 Å². The number of hydrogen-bond donors (Lipinski definition) is 0. The van der Waals surface area contributed by atoms with Crippen molar-refractivity contribution in [2.45, 2.75) is 57.3 Å². The molecule has 4 atom stereocenters. The van der Waals surface area contributed by atoms with Gasteiger partial charge in [-0.15, -0.1) is 6.58 Å². The molecule has 0 aromatic heterocycles. The molecule has 4 rings (SSSR count). The third kappa shape index (κ3) is 5.24. The average Bonchev–Trinajstić information content (AvgIpc) is 2.77. The van der Waals surface area contributed by atoms with Crippen molar-refractivity contribution >= 4 is 0 Å². The molecule has 0 bridgehead atoms. The summed E-state index contributed by atoms with van der Waals surface area (Å²) in [5, 5.41) is 0. The maximum Gasteiger partial charge on any atom is 0.142 e. The predicted octanol–water partition coefficient (Wildman–Crippen LogP) is 7.77. The van der Waals surface area contributed by atoms with Crippen molar-refractivity contribution in [2.75, 3.05) is 0 Å². The number of fused-ring (bicyclic) bond motifs is 1. The summed E-state index contributed by atoms with van der Waals surface area (Å²) in [5.41, 5.74) is 1.06. The molecule has 4 unspecified atom stereocenters. The molecule has 3 heteroatoms. The summed E-state index contributed by atoms with van der Waals surface area (Å²) in [6, 6.07) is 8.50. The number of rotatable bonds is 4. The van der Waals surface area contributed by atoms with Crippen molar-refractivity contribution in [3.05, 3.63) is 83.2 Å². The summed E-state index contributed by atoms with van der Waals surface area (Å²) in [4.78, 5) is 0. The van der Waals surface area contributed by atoms with Crippen LogP contribution in [0.4, 0.5) is 13.2 Å². The molecule has 0 aliphatic heterocycles. The fourth-order valence-electron chi connectivity index (χ4n) is 5.52. The van der Waals surface area contributed by atoms with Crippen molar-refractivity contribution in [3.8, 4) is 11.8 Å². The molecule has 0 saturated heterocycles. The Labute approximate surface area is 183 Å². The molecule has 31 heavy (non-hydrogen) atoms. The van der Waals surface area contributed by atoms with Crippen LogP contribution in [0, 0.1) is 47.0 Å². The van der Waals surface area contributed by atoms with Crippen LogP contribution in [-0.4, -0.2) is 0 Å². The van der Waals surface area contributed by atoms with Crippen LogP contribution in [0.2, 0.25) is 0 Å². The first-order valence-electron chi connectivity index (χ1n) is 11.4. The lowest BCUT2D eigenvalue weighted by molar-refractivity contribution is 0.115. The van der Waals surface area contributed by atoms with E-state index < -0.39 is 11.6 Å². The summed E-state index contributed by atoms with van der Waals surface area (Å²) in [5.74, 6) is 6.17. The zero-order valence-electron chi connectivity index (χ0n) is 17.8. The maximum absolute atomic E-state index is 14.7. The van der Waals surface area contributed by atoms with Crippen molar-refractivity contribution < 1.29 is 13.2 Å². The van der Waals surface area contributed by atoms with Gasteiger partial charge in [0.25, 0.3) is 0 Å². The molecule has 0 amide bonds. The van der Waals surface area contributed by atoms with E-state index in [-0.39, 0.29) is 17.3 Å². The Kier molecular flexibility index (Phi) is 6.86. The molecule has 2 aromatic rings. The Morgan fingerprint density at radius 3 is 2.26 bits per heavy atom. The second kappa shape index (κ2) is 9.77. The van der Waals surface area contributed by atoms with Gasteiger partial charge in [-0.2, -0.15) is 0 Å². The fraction of sp³-hybridized carbons (Fsp3) is 0.429. The quantitative estimate of drug-likeness (QED) is 0.349. The lowest BCUT2D eigenvalue weighted by Gasteiger charge is -2.42. The Morgan fingerprint density at radius 2 is 1.55 bits per heavy atom. The summed E-state index contributed by atoms with van der Waals surface area (Å²) < 4.78 is 42.4. The van der Waals surface area contributed by atoms with Gasteiger partial charge in [0.15, 0.2) is 0 Å². The molecule has 2 aromatic carbocycles. The topological polar surface area (TPSA) is 0 Å². The van der Waals surface area contributed by atoms with E-state index in [1.54, 1.807) is 0 Å². The summed E-state index contributed by atoms with van der Waals surface area (Å²) >= 11 is 0. The predicted molar refractivity (Wildman–Crippen MR) is 119 cm³/mol. The first-order valence-corrected chi connectivity index (χ1v) is 11.4. The minimum atomic E-state index is -0.611. The van der Waals surface area contributed by atoms with Gasteiger partial charge in [-0.3, -0.25) is 0 Å². The average molecular weight is 423 g/mol. The van der Waals surface area contributed by atoms with Crippen LogP contribution in [0.3, 0.4) is 0 Å². The van der Waals surface area contributed by atoms with Gasteiger partial charge >= 0.3 is 0 Å². The molecule has 0 nitrogen and oxygen atoms in total. The van der Waals surface area contributed by atoms with Gasteiger partial charge in [0, 0.05) is 5.56 Å². The van der Waals surface area contributed by atoms with Crippen LogP contribution >= 0.6 is 0 Å². The zero-order chi connectivity index (χ0) is 21.8.